The van der Waals surface area contributed by atoms with E-state index in [4.69, 9.17) is 4.74 Å². The number of imide groups is 1. The Morgan fingerprint density at radius 1 is 1.05 bits per heavy atom. The van der Waals surface area contributed by atoms with Gasteiger partial charge in [0, 0.05) is 4.47 Å². The van der Waals surface area contributed by atoms with Crippen molar-refractivity contribution in [3.8, 4) is 0 Å². The van der Waals surface area contributed by atoms with Crippen LogP contribution in [0.3, 0.4) is 0 Å². The smallest absolute Gasteiger partial charge is 0.241 e. The highest BCUT2D eigenvalue weighted by Crippen LogP contribution is 2.57. The SMILES string of the molecule is C[C@]12C=C[C@](C)(O1)[C@@H]1C(=O)N(c3ccccc3Br)C(=O)[C@H]12. The summed E-state index contributed by atoms with van der Waals surface area (Å²) >= 11 is 3.42. The number of carbonyl (C=O) groups excluding carboxylic acids is 2. The lowest BCUT2D eigenvalue weighted by Gasteiger charge is -2.25. The van der Waals surface area contributed by atoms with Crippen LogP contribution in [0, 0.1) is 11.8 Å². The molecule has 0 N–H and O–H groups in total. The third kappa shape index (κ3) is 1.48. The van der Waals surface area contributed by atoms with Crippen molar-refractivity contribution in [1.82, 2.24) is 0 Å². The van der Waals surface area contributed by atoms with Crippen molar-refractivity contribution in [3.05, 3.63) is 40.9 Å². The Morgan fingerprint density at radius 2 is 1.57 bits per heavy atom. The maximum Gasteiger partial charge on any atom is 0.241 e. The average molecular weight is 348 g/mol. The molecule has 0 unspecified atom stereocenters. The van der Waals surface area contributed by atoms with E-state index in [1.807, 2.05) is 44.2 Å². The molecule has 2 saturated heterocycles. The number of ether oxygens (including phenoxy) is 1. The minimum Gasteiger partial charge on any atom is -0.359 e. The summed E-state index contributed by atoms with van der Waals surface area (Å²) < 4.78 is 6.72. The van der Waals surface area contributed by atoms with Crippen molar-refractivity contribution in [1.29, 1.82) is 0 Å². The van der Waals surface area contributed by atoms with Gasteiger partial charge in [-0.2, -0.15) is 0 Å². The van der Waals surface area contributed by atoms with E-state index in [1.54, 1.807) is 6.07 Å². The molecule has 2 fully saturated rings. The van der Waals surface area contributed by atoms with Gasteiger partial charge >= 0.3 is 0 Å². The number of halogens is 1. The normalized spacial score (nSPS) is 40.2. The first kappa shape index (κ1) is 13.2. The van der Waals surface area contributed by atoms with Gasteiger partial charge in [-0.15, -0.1) is 0 Å². The maximum absolute atomic E-state index is 12.9. The third-order valence-corrected chi connectivity index (χ3v) is 5.49. The zero-order valence-corrected chi connectivity index (χ0v) is 13.3. The second-order valence-electron chi connectivity index (χ2n) is 6.22. The van der Waals surface area contributed by atoms with Gasteiger partial charge in [0.15, 0.2) is 0 Å². The highest BCUT2D eigenvalue weighted by atomic mass is 79.9. The second-order valence-corrected chi connectivity index (χ2v) is 7.08. The molecule has 21 heavy (non-hydrogen) atoms. The first-order chi connectivity index (χ1) is 9.87. The van der Waals surface area contributed by atoms with E-state index in [0.29, 0.717) is 5.69 Å². The zero-order valence-electron chi connectivity index (χ0n) is 11.7. The number of anilines is 1. The molecule has 2 amide bonds. The molecule has 3 aliphatic heterocycles. The molecule has 0 radical (unpaired) electrons. The largest absolute Gasteiger partial charge is 0.359 e. The van der Waals surface area contributed by atoms with Crippen molar-refractivity contribution >= 4 is 33.4 Å². The number of benzene rings is 1. The highest BCUT2D eigenvalue weighted by Gasteiger charge is 2.70. The van der Waals surface area contributed by atoms with E-state index in [0.717, 1.165) is 4.47 Å². The van der Waals surface area contributed by atoms with Gasteiger partial charge in [-0.3, -0.25) is 9.59 Å². The number of amides is 2. The summed E-state index contributed by atoms with van der Waals surface area (Å²) in [5.74, 6) is -1.22. The van der Waals surface area contributed by atoms with E-state index < -0.39 is 23.0 Å². The number of carbonyl (C=O) groups is 2. The number of hydrogen-bond acceptors (Lipinski definition) is 3. The van der Waals surface area contributed by atoms with Crippen LogP contribution in [-0.4, -0.2) is 23.0 Å². The van der Waals surface area contributed by atoms with Gasteiger partial charge in [0.05, 0.1) is 28.7 Å². The van der Waals surface area contributed by atoms with Crippen LogP contribution in [0.25, 0.3) is 0 Å². The van der Waals surface area contributed by atoms with Crippen LogP contribution in [0.15, 0.2) is 40.9 Å². The highest BCUT2D eigenvalue weighted by molar-refractivity contribution is 9.10. The van der Waals surface area contributed by atoms with Crippen LogP contribution < -0.4 is 4.90 Å². The van der Waals surface area contributed by atoms with Gasteiger partial charge in [0.1, 0.15) is 0 Å². The molecule has 5 heteroatoms. The van der Waals surface area contributed by atoms with Crippen molar-refractivity contribution in [2.24, 2.45) is 11.8 Å². The van der Waals surface area contributed by atoms with Gasteiger partial charge in [-0.05, 0) is 41.9 Å². The van der Waals surface area contributed by atoms with Crippen molar-refractivity contribution in [3.63, 3.8) is 0 Å². The first-order valence-electron chi connectivity index (χ1n) is 6.90. The molecule has 1 aromatic rings. The lowest BCUT2D eigenvalue weighted by molar-refractivity contribution is -0.128. The number of rotatable bonds is 1. The van der Waals surface area contributed by atoms with Gasteiger partial charge in [-0.1, -0.05) is 24.3 Å². The first-order valence-corrected chi connectivity index (χ1v) is 7.70. The molecule has 4 atom stereocenters. The molecule has 0 aliphatic carbocycles. The van der Waals surface area contributed by atoms with E-state index in [-0.39, 0.29) is 11.8 Å². The molecule has 108 valence electrons. The number of para-hydroxylation sites is 1. The van der Waals surface area contributed by atoms with Crippen LogP contribution in [0.1, 0.15) is 13.8 Å². The zero-order chi connectivity index (χ0) is 15.0. The predicted octanol–water partition coefficient (Wildman–Crippen LogP) is 2.67. The molecule has 0 spiro atoms. The second kappa shape index (κ2) is 3.84. The molecular weight excluding hydrogens is 334 g/mol. The lowest BCUT2D eigenvalue weighted by Crippen LogP contribution is -2.39. The topological polar surface area (TPSA) is 46.6 Å². The Hall–Kier alpha value is -1.46. The van der Waals surface area contributed by atoms with Gasteiger partial charge in [0.2, 0.25) is 11.8 Å². The standard InChI is InChI=1S/C16H14BrNO3/c1-15-7-8-16(2,21-15)12-11(15)13(19)18(14(12)20)10-6-4-3-5-9(10)17/h3-8,11-12H,1-2H3/t11-,12-,15-,16+/m0/s1. The molecule has 4 rings (SSSR count). The fourth-order valence-corrected chi connectivity index (χ4v) is 4.36. The van der Waals surface area contributed by atoms with E-state index in [1.165, 1.54) is 4.90 Å². The molecule has 0 saturated carbocycles. The minimum atomic E-state index is -0.678. The van der Waals surface area contributed by atoms with Crippen LogP contribution in [0.5, 0.6) is 0 Å². The summed E-state index contributed by atoms with van der Waals surface area (Å²) in [5, 5.41) is 0. The predicted molar refractivity (Wildman–Crippen MR) is 80.7 cm³/mol. The summed E-state index contributed by atoms with van der Waals surface area (Å²) in [7, 11) is 0. The Balaban J connectivity index is 1.85. The van der Waals surface area contributed by atoms with E-state index in [9.17, 15) is 9.59 Å². The third-order valence-electron chi connectivity index (χ3n) is 4.82. The molecule has 3 aliphatic rings. The summed E-state index contributed by atoms with van der Waals surface area (Å²) in [4.78, 5) is 27.0. The number of fused-ring (bicyclic) bond motifs is 5. The summed E-state index contributed by atoms with van der Waals surface area (Å²) in [6.45, 7) is 3.77. The molecule has 4 nitrogen and oxygen atoms in total. The fraction of sp³-hybridized carbons (Fsp3) is 0.375. The molecule has 0 aromatic heterocycles. The summed E-state index contributed by atoms with van der Waals surface area (Å²) in [5.41, 5.74) is -0.752. The van der Waals surface area contributed by atoms with Gasteiger partial charge in [0.25, 0.3) is 0 Å². The fourth-order valence-electron chi connectivity index (χ4n) is 3.90. The van der Waals surface area contributed by atoms with E-state index >= 15 is 0 Å². The van der Waals surface area contributed by atoms with Crippen LogP contribution in [-0.2, 0) is 14.3 Å². The average Bonchev–Trinajstić information content (AvgIpc) is 2.97. The monoisotopic (exact) mass is 347 g/mol. The summed E-state index contributed by atoms with van der Waals surface area (Å²) in [6, 6.07) is 7.29. The minimum absolute atomic E-state index is 0.174. The van der Waals surface area contributed by atoms with Gasteiger partial charge in [-0.25, -0.2) is 4.90 Å². The summed E-state index contributed by atoms with van der Waals surface area (Å²) in [6.07, 6.45) is 3.84. The van der Waals surface area contributed by atoms with Crippen LogP contribution in [0.4, 0.5) is 5.69 Å². The van der Waals surface area contributed by atoms with Crippen molar-refractivity contribution < 1.29 is 14.3 Å². The quantitative estimate of drug-likeness (QED) is 0.579. The molecular formula is C16H14BrNO3. The van der Waals surface area contributed by atoms with Crippen molar-refractivity contribution in [2.45, 2.75) is 25.0 Å². The van der Waals surface area contributed by atoms with Crippen molar-refractivity contribution in [2.75, 3.05) is 4.90 Å². The van der Waals surface area contributed by atoms with Crippen LogP contribution >= 0.6 is 15.9 Å². The Bertz CT molecular complexity index is 679. The Morgan fingerprint density at radius 3 is 2.10 bits per heavy atom. The number of hydrogen-bond donors (Lipinski definition) is 0. The Labute approximate surface area is 130 Å². The van der Waals surface area contributed by atoms with Crippen LogP contribution in [0.2, 0.25) is 0 Å². The van der Waals surface area contributed by atoms with E-state index in [2.05, 4.69) is 15.9 Å². The molecule has 3 heterocycles. The number of nitrogens with zero attached hydrogens (tertiary/aromatic N) is 1. The maximum atomic E-state index is 12.9. The molecule has 2 bridgehead atoms. The molecule has 1 aromatic carbocycles. The lowest BCUT2D eigenvalue weighted by atomic mass is 9.73. The van der Waals surface area contributed by atoms with Gasteiger partial charge < -0.3 is 4.74 Å². The Kier molecular flexibility index (Phi) is 2.42.